The third-order valence-electron chi connectivity index (χ3n) is 3.42. The average molecular weight is 227 g/mol. The van der Waals surface area contributed by atoms with Crippen molar-refractivity contribution in [1.82, 2.24) is 4.90 Å². The van der Waals surface area contributed by atoms with Crippen molar-refractivity contribution in [1.29, 1.82) is 0 Å². The van der Waals surface area contributed by atoms with Crippen molar-refractivity contribution < 1.29 is 0 Å². The van der Waals surface area contributed by atoms with E-state index in [1.54, 1.807) is 0 Å². The Kier molecular flexibility index (Phi) is 11.4. The van der Waals surface area contributed by atoms with Crippen LogP contribution in [0.3, 0.4) is 0 Å². The molecule has 0 saturated carbocycles. The molecule has 1 heteroatoms. The van der Waals surface area contributed by atoms with E-state index in [-0.39, 0.29) is 0 Å². The molecule has 0 saturated heterocycles. The fourth-order valence-electron chi connectivity index (χ4n) is 2.23. The van der Waals surface area contributed by atoms with Gasteiger partial charge in [0.25, 0.3) is 0 Å². The van der Waals surface area contributed by atoms with Gasteiger partial charge in [-0.15, -0.1) is 0 Å². The van der Waals surface area contributed by atoms with Crippen LogP contribution in [0.4, 0.5) is 0 Å². The zero-order valence-electron chi connectivity index (χ0n) is 12.1. The minimum Gasteiger partial charge on any atom is -0.309 e. The van der Waals surface area contributed by atoms with Gasteiger partial charge in [0.15, 0.2) is 0 Å². The van der Waals surface area contributed by atoms with Gasteiger partial charge in [-0.2, -0.15) is 0 Å². The third kappa shape index (κ3) is 10.5. The Morgan fingerprint density at radius 3 is 1.94 bits per heavy atom. The molecule has 1 unspecified atom stereocenters. The Hall–Kier alpha value is -0.0400. The van der Waals surface area contributed by atoms with Crippen LogP contribution in [0.25, 0.3) is 0 Å². The topological polar surface area (TPSA) is 3.24 Å². The molecule has 0 aromatic rings. The van der Waals surface area contributed by atoms with Crippen molar-refractivity contribution in [2.45, 2.75) is 71.6 Å². The molecule has 0 N–H and O–H groups in total. The maximum Gasteiger partial charge on any atom is -0.00222 e. The van der Waals surface area contributed by atoms with E-state index in [9.17, 15) is 0 Å². The predicted octanol–water partition coefficient (Wildman–Crippen LogP) is 4.71. The smallest absolute Gasteiger partial charge is 0.00222 e. The fourth-order valence-corrected chi connectivity index (χ4v) is 2.23. The van der Waals surface area contributed by atoms with Crippen LogP contribution in [-0.2, 0) is 0 Å². The second-order valence-electron chi connectivity index (χ2n) is 5.45. The maximum atomic E-state index is 2.32. The summed E-state index contributed by atoms with van der Waals surface area (Å²) in [7, 11) is 4.38. The van der Waals surface area contributed by atoms with Crippen LogP contribution in [0.5, 0.6) is 0 Å². The summed E-state index contributed by atoms with van der Waals surface area (Å²) >= 11 is 0. The first-order valence-corrected chi connectivity index (χ1v) is 7.35. The van der Waals surface area contributed by atoms with Crippen LogP contribution in [0, 0.1) is 5.92 Å². The lowest BCUT2D eigenvalue weighted by Gasteiger charge is -2.19. The molecule has 16 heavy (non-hydrogen) atoms. The van der Waals surface area contributed by atoms with E-state index in [1.807, 2.05) is 0 Å². The van der Waals surface area contributed by atoms with E-state index in [0.29, 0.717) is 0 Å². The molecule has 0 radical (unpaired) electrons. The Morgan fingerprint density at radius 1 is 0.750 bits per heavy atom. The van der Waals surface area contributed by atoms with Crippen molar-refractivity contribution in [2.24, 2.45) is 5.92 Å². The molecule has 0 aliphatic rings. The third-order valence-corrected chi connectivity index (χ3v) is 3.42. The first kappa shape index (κ1) is 16.0. The number of nitrogens with zero attached hydrogens (tertiary/aromatic N) is 1. The van der Waals surface area contributed by atoms with Gasteiger partial charge in [-0.05, 0) is 33.0 Å². The van der Waals surface area contributed by atoms with Crippen molar-refractivity contribution in [2.75, 3.05) is 20.6 Å². The average Bonchev–Trinajstić information content (AvgIpc) is 2.26. The van der Waals surface area contributed by atoms with Gasteiger partial charge in [0.1, 0.15) is 0 Å². The molecule has 0 fully saturated rings. The van der Waals surface area contributed by atoms with E-state index in [2.05, 4.69) is 32.8 Å². The van der Waals surface area contributed by atoms with E-state index in [1.165, 1.54) is 64.3 Å². The quantitative estimate of drug-likeness (QED) is 0.462. The molecule has 1 atom stereocenters. The summed E-state index contributed by atoms with van der Waals surface area (Å²) in [6.07, 6.45) is 12.8. The molecule has 1 nitrogen and oxygen atoms in total. The minimum absolute atomic E-state index is 0.985. The Labute approximate surface area is 104 Å². The number of rotatable bonds is 11. The second-order valence-corrected chi connectivity index (χ2v) is 5.45. The molecule has 0 spiro atoms. The lowest BCUT2D eigenvalue weighted by molar-refractivity contribution is 0.316. The highest BCUT2D eigenvalue weighted by molar-refractivity contribution is 4.62. The molecule has 0 aliphatic carbocycles. The van der Waals surface area contributed by atoms with E-state index in [0.717, 1.165) is 5.92 Å². The van der Waals surface area contributed by atoms with E-state index >= 15 is 0 Å². The van der Waals surface area contributed by atoms with Crippen molar-refractivity contribution in [3.63, 3.8) is 0 Å². The molecular formula is C15H33N. The standard InChI is InChI=1S/C15H33N/c1-5-7-9-10-12-15(11-8-6-2)13-14-16(3)4/h15H,5-14H2,1-4H3. The molecular weight excluding hydrogens is 194 g/mol. The zero-order chi connectivity index (χ0) is 12.2. The summed E-state index contributed by atoms with van der Waals surface area (Å²) in [5.74, 6) is 0.985. The van der Waals surface area contributed by atoms with Crippen molar-refractivity contribution in [3.8, 4) is 0 Å². The Balaban J connectivity index is 3.62. The fraction of sp³-hybridized carbons (Fsp3) is 1.00. The highest BCUT2D eigenvalue weighted by Crippen LogP contribution is 2.20. The second kappa shape index (κ2) is 11.4. The normalized spacial score (nSPS) is 13.3. The number of hydrogen-bond donors (Lipinski definition) is 0. The molecule has 0 aromatic heterocycles. The number of hydrogen-bond acceptors (Lipinski definition) is 1. The number of unbranched alkanes of at least 4 members (excludes halogenated alkanes) is 4. The van der Waals surface area contributed by atoms with Crippen LogP contribution in [0.1, 0.15) is 71.6 Å². The minimum atomic E-state index is 0.985. The Morgan fingerprint density at radius 2 is 1.38 bits per heavy atom. The van der Waals surface area contributed by atoms with Crippen molar-refractivity contribution >= 4 is 0 Å². The molecule has 98 valence electrons. The summed E-state index contributed by atoms with van der Waals surface area (Å²) in [6.45, 7) is 5.86. The van der Waals surface area contributed by atoms with Crippen LogP contribution in [-0.4, -0.2) is 25.5 Å². The first-order chi connectivity index (χ1) is 7.70. The van der Waals surface area contributed by atoms with Crippen LogP contribution >= 0.6 is 0 Å². The van der Waals surface area contributed by atoms with Gasteiger partial charge in [-0.25, -0.2) is 0 Å². The molecule has 0 bridgehead atoms. The maximum absolute atomic E-state index is 2.32. The van der Waals surface area contributed by atoms with E-state index in [4.69, 9.17) is 0 Å². The van der Waals surface area contributed by atoms with Gasteiger partial charge in [0.05, 0.1) is 0 Å². The van der Waals surface area contributed by atoms with Crippen molar-refractivity contribution in [3.05, 3.63) is 0 Å². The lowest BCUT2D eigenvalue weighted by atomic mass is 9.92. The van der Waals surface area contributed by atoms with E-state index < -0.39 is 0 Å². The SMILES string of the molecule is CCCCCCC(CCCC)CCN(C)C. The van der Waals surface area contributed by atoms with Gasteiger partial charge in [0.2, 0.25) is 0 Å². The first-order valence-electron chi connectivity index (χ1n) is 7.35. The highest BCUT2D eigenvalue weighted by atomic mass is 15.0. The summed E-state index contributed by atoms with van der Waals surface area (Å²) < 4.78 is 0. The molecule has 0 aliphatic heterocycles. The summed E-state index contributed by atoms with van der Waals surface area (Å²) in [4.78, 5) is 2.32. The lowest BCUT2D eigenvalue weighted by Crippen LogP contribution is -2.16. The molecule has 0 aromatic carbocycles. The Bertz CT molecular complexity index is 131. The summed E-state index contributed by atoms with van der Waals surface area (Å²) in [5, 5.41) is 0. The summed E-state index contributed by atoms with van der Waals surface area (Å²) in [5.41, 5.74) is 0. The van der Waals surface area contributed by atoms with Gasteiger partial charge in [-0.3, -0.25) is 0 Å². The molecule has 0 amide bonds. The monoisotopic (exact) mass is 227 g/mol. The van der Waals surface area contributed by atoms with Gasteiger partial charge in [-0.1, -0.05) is 65.2 Å². The molecule has 0 heterocycles. The van der Waals surface area contributed by atoms with Crippen LogP contribution in [0.2, 0.25) is 0 Å². The molecule has 0 rings (SSSR count). The largest absolute Gasteiger partial charge is 0.309 e. The summed E-state index contributed by atoms with van der Waals surface area (Å²) in [6, 6.07) is 0. The van der Waals surface area contributed by atoms with Gasteiger partial charge >= 0.3 is 0 Å². The zero-order valence-corrected chi connectivity index (χ0v) is 12.1. The van der Waals surface area contributed by atoms with Crippen LogP contribution < -0.4 is 0 Å². The van der Waals surface area contributed by atoms with Crippen LogP contribution in [0.15, 0.2) is 0 Å². The van der Waals surface area contributed by atoms with Gasteiger partial charge < -0.3 is 4.90 Å². The highest BCUT2D eigenvalue weighted by Gasteiger charge is 2.08. The van der Waals surface area contributed by atoms with Gasteiger partial charge in [0, 0.05) is 0 Å². The predicted molar refractivity (Wildman–Crippen MR) is 74.9 cm³/mol.